The van der Waals surface area contributed by atoms with Crippen LogP contribution in [0.25, 0.3) is 0 Å². The second kappa shape index (κ2) is 5.03. The molecule has 1 fully saturated rings. The van der Waals surface area contributed by atoms with E-state index in [1.165, 1.54) is 0 Å². The first-order valence-corrected chi connectivity index (χ1v) is 6.36. The summed E-state index contributed by atoms with van der Waals surface area (Å²) in [7, 11) is 0. The van der Waals surface area contributed by atoms with Crippen LogP contribution < -0.4 is 5.32 Å². The molecule has 0 aromatic carbocycles. The van der Waals surface area contributed by atoms with Crippen LogP contribution in [0.3, 0.4) is 0 Å². The normalized spacial score (nSPS) is 22.5. The van der Waals surface area contributed by atoms with Crippen LogP contribution >= 0.6 is 0 Å². The Morgan fingerprint density at radius 1 is 1.53 bits per heavy atom. The predicted molar refractivity (Wildman–Crippen MR) is 69.0 cm³/mol. The van der Waals surface area contributed by atoms with Gasteiger partial charge in [0, 0.05) is 12.2 Å². The molecule has 0 radical (unpaired) electrons. The molecule has 1 aliphatic rings. The summed E-state index contributed by atoms with van der Waals surface area (Å²) in [5, 5.41) is 6.95. The zero-order valence-electron chi connectivity index (χ0n) is 11.4. The molecule has 1 amide bonds. The van der Waals surface area contributed by atoms with E-state index in [0.717, 1.165) is 19.1 Å². The number of hydrogen-bond donors (Lipinski definition) is 1. The summed E-state index contributed by atoms with van der Waals surface area (Å²) in [6, 6.07) is 0.359. The van der Waals surface area contributed by atoms with Gasteiger partial charge in [0.05, 0.1) is 17.8 Å². The quantitative estimate of drug-likeness (QED) is 0.847. The summed E-state index contributed by atoms with van der Waals surface area (Å²) in [4.78, 5) is 22.1. The Morgan fingerprint density at radius 3 is 2.74 bits per heavy atom. The lowest BCUT2D eigenvalue weighted by atomic mass is 9.87. The van der Waals surface area contributed by atoms with Gasteiger partial charge in [-0.05, 0) is 33.6 Å². The molecule has 104 valence electrons. The number of aromatic nitrogens is 2. The molecule has 1 saturated carbocycles. The lowest BCUT2D eigenvalue weighted by molar-refractivity contribution is 0.0452. The van der Waals surface area contributed by atoms with E-state index in [1.807, 2.05) is 20.8 Å². The van der Waals surface area contributed by atoms with E-state index in [0.29, 0.717) is 5.56 Å². The van der Waals surface area contributed by atoms with Gasteiger partial charge in [0.1, 0.15) is 5.60 Å². The van der Waals surface area contributed by atoms with Crippen molar-refractivity contribution in [2.24, 2.45) is 0 Å². The fourth-order valence-electron chi connectivity index (χ4n) is 2.01. The number of amides is 1. The first kappa shape index (κ1) is 13.6. The maximum absolute atomic E-state index is 11.6. The smallest absolute Gasteiger partial charge is 0.407 e. The molecule has 19 heavy (non-hydrogen) atoms. The Morgan fingerprint density at radius 2 is 2.21 bits per heavy atom. The number of rotatable bonds is 3. The summed E-state index contributed by atoms with van der Waals surface area (Å²) in [6.07, 6.45) is 5.27. The molecular formula is C13H19N3O3. The van der Waals surface area contributed by atoms with Gasteiger partial charge in [-0.2, -0.15) is 5.10 Å². The number of carbonyl (C=O) groups is 2. The third-order valence-electron chi connectivity index (χ3n) is 2.97. The van der Waals surface area contributed by atoms with Gasteiger partial charge in [0.2, 0.25) is 0 Å². The number of ether oxygens (including phenoxy) is 1. The maximum atomic E-state index is 11.6. The van der Waals surface area contributed by atoms with Crippen LogP contribution in [0, 0.1) is 0 Å². The average molecular weight is 265 g/mol. The second-order valence-corrected chi connectivity index (χ2v) is 5.84. The number of nitrogens with zero attached hydrogens (tertiary/aromatic N) is 2. The molecule has 6 nitrogen and oxygen atoms in total. The van der Waals surface area contributed by atoms with Crippen molar-refractivity contribution in [3.05, 3.63) is 18.0 Å². The topological polar surface area (TPSA) is 73.2 Å². The highest BCUT2D eigenvalue weighted by Crippen LogP contribution is 2.31. The molecule has 0 bridgehead atoms. The fraction of sp³-hybridized carbons (Fsp3) is 0.615. The van der Waals surface area contributed by atoms with Gasteiger partial charge in [-0.1, -0.05) is 0 Å². The third-order valence-corrected chi connectivity index (χ3v) is 2.97. The molecule has 1 heterocycles. The molecule has 6 heteroatoms. The highest BCUT2D eigenvalue weighted by atomic mass is 16.6. The minimum Gasteiger partial charge on any atom is -0.444 e. The van der Waals surface area contributed by atoms with Gasteiger partial charge in [-0.15, -0.1) is 0 Å². The van der Waals surface area contributed by atoms with Gasteiger partial charge >= 0.3 is 6.09 Å². The molecule has 0 spiro atoms. The van der Waals surface area contributed by atoms with Crippen LogP contribution in [-0.4, -0.2) is 33.8 Å². The predicted octanol–water partition coefficient (Wildman–Crippen LogP) is 1.92. The second-order valence-electron chi connectivity index (χ2n) is 5.84. The largest absolute Gasteiger partial charge is 0.444 e. The van der Waals surface area contributed by atoms with Crippen LogP contribution in [0.15, 0.2) is 12.4 Å². The number of nitrogens with one attached hydrogen (secondary N) is 1. The van der Waals surface area contributed by atoms with Crippen LogP contribution in [-0.2, 0) is 4.74 Å². The molecule has 0 aliphatic heterocycles. The van der Waals surface area contributed by atoms with Crippen molar-refractivity contribution in [3.8, 4) is 0 Å². The number of aldehydes is 1. The van der Waals surface area contributed by atoms with Crippen LogP contribution in [0.1, 0.15) is 50.0 Å². The molecule has 0 atom stereocenters. The van der Waals surface area contributed by atoms with Crippen molar-refractivity contribution >= 4 is 12.4 Å². The van der Waals surface area contributed by atoms with Crippen molar-refractivity contribution < 1.29 is 14.3 Å². The van der Waals surface area contributed by atoms with Crippen LogP contribution in [0.5, 0.6) is 0 Å². The summed E-state index contributed by atoms with van der Waals surface area (Å²) in [5.41, 5.74) is 0.0946. The standard InChI is InChI=1S/C13H19N3O3/c1-13(2,3)19-12(18)15-10-4-11(5-10)16-7-9(8-17)6-14-16/h6-8,10-11H,4-5H2,1-3H3,(H,15,18). The van der Waals surface area contributed by atoms with E-state index in [-0.39, 0.29) is 18.2 Å². The van der Waals surface area contributed by atoms with E-state index in [1.54, 1.807) is 17.1 Å². The molecule has 0 unspecified atom stereocenters. The first-order chi connectivity index (χ1) is 8.87. The van der Waals surface area contributed by atoms with Crippen LogP contribution in [0.2, 0.25) is 0 Å². The average Bonchev–Trinajstić information content (AvgIpc) is 2.68. The van der Waals surface area contributed by atoms with Gasteiger partial charge in [-0.3, -0.25) is 9.48 Å². The Kier molecular flexibility index (Phi) is 3.59. The van der Waals surface area contributed by atoms with E-state index in [4.69, 9.17) is 4.74 Å². The lowest BCUT2D eigenvalue weighted by Gasteiger charge is -2.36. The van der Waals surface area contributed by atoms with Crippen molar-refractivity contribution in [2.75, 3.05) is 0 Å². The van der Waals surface area contributed by atoms with Crippen molar-refractivity contribution in [1.29, 1.82) is 0 Å². The molecule has 1 aromatic heterocycles. The van der Waals surface area contributed by atoms with Crippen molar-refractivity contribution in [3.63, 3.8) is 0 Å². The zero-order valence-corrected chi connectivity index (χ0v) is 11.4. The minimum absolute atomic E-state index is 0.115. The van der Waals surface area contributed by atoms with Gasteiger partial charge < -0.3 is 10.1 Å². The zero-order chi connectivity index (χ0) is 14.0. The van der Waals surface area contributed by atoms with Gasteiger partial charge in [0.25, 0.3) is 0 Å². The SMILES string of the molecule is CC(C)(C)OC(=O)NC1CC(n2cc(C=O)cn2)C1. The number of carbonyl (C=O) groups excluding carboxylic acids is 2. The summed E-state index contributed by atoms with van der Waals surface area (Å²) in [6.45, 7) is 5.50. The summed E-state index contributed by atoms with van der Waals surface area (Å²) >= 11 is 0. The van der Waals surface area contributed by atoms with E-state index >= 15 is 0 Å². The molecule has 2 rings (SSSR count). The molecular weight excluding hydrogens is 246 g/mol. The maximum Gasteiger partial charge on any atom is 0.407 e. The fourth-order valence-corrected chi connectivity index (χ4v) is 2.01. The van der Waals surface area contributed by atoms with E-state index in [2.05, 4.69) is 10.4 Å². The first-order valence-electron chi connectivity index (χ1n) is 6.36. The molecule has 1 N–H and O–H groups in total. The highest BCUT2D eigenvalue weighted by molar-refractivity contribution is 5.73. The molecule has 1 aliphatic carbocycles. The van der Waals surface area contributed by atoms with Crippen molar-refractivity contribution in [1.82, 2.24) is 15.1 Å². The Hall–Kier alpha value is -1.85. The minimum atomic E-state index is -0.478. The molecule has 1 aromatic rings. The highest BCUT2D eigenvalue weighted by Gasteiger charge is 2.33. The number of hydrogen-bond acceptors (Lipinski definition) is 4. The summed E-state index contributed by atoms with van der Waals surface area (Å²) in [5.74, 6) is 0. The number of alkyl carbamates (subject to hydrolysis) is 1. The Bertz CT molecular complexity index is 470. The third kappa shape index (κ3) is 3.56. The monoisotopic (exact) mass is 265 g/mol. The molecule has 0 saturated heterocycles. The van der Waals surface area contributed by atoms with Gasteiger partial charge in [0.15, 0.2) is 6.29 Å². The van der Waals surface area contributed by atoms with E-state index < -0.39 is 5.60 Å². The lowest BCUT2D eigenvalue weighted by Crippen LogP contribution is -2.46. The van der Waals surface area contributed by atoms with Crippen molar-refractivity contribution in [2.45, 2.75) is 51.3 Å². The van der Waals surface area contributed by atoms with Gasteiger partial charge in [-0.25, -0.2) is 4.79 Å². The summed E-state index contributed by atoms with van der Waals surface area (Å²) < 4.78 is 6.96. The Balaban J connectivity index is 1.77. The van der Waals surface area contributed by atoms with E-state index in [9.17, 15) is 9.59 Å². The Labute approximate surface area is 112 Å². The van der Waals surface area contributed by atoms with Crippen LogP contribution in [0.4, 0.5) is 4.79 Å².